The average Bonchev–Trinajstić information content (AvgIpc) is 3.24. The Morgan fingerprint density at radius 3 is 2.87 bits per heavy atom. The number of hydrogen-bond donors (Lipinski definition) is 1. The van der Waals surface area contributed by atoms with E-state index in [2.05, 4.69) is 10.3 Å². The molecule has 1 aromatic carbocycles. The van der Waals surface area contributed by atoms with Gasteiger partial charge >= 0.3 is 0 Å². The van der Waals surface area contributed by atoms with Crippen LogP contribution in [-0.4, -0.2) is 62.0 Å². The molecule has 3 heterocycles. The van der Waals surface area contributed by atoms with Crippen LogP contribution >= 0.6 is 0 Å². The zero-order chi connectivity index (χ0) is 21.8. The molecule has 7 nitrogen and oxygen atoms in total. The van der Waals surface area contributed by atoms with Gasteiger partial charge in [0.05, 0.1) is 17.2 Å². The minimum Gasteiger partial charge on any atom is -0.339 e. The predicted octanol–water partition coefficient (Wildman–Crippen LogP) is 2.16. The number of halogens is 1. The van der Waals surface area contributed by atoms with Crippen LogP contribution in [0.25, 0.3) is 5.57 Å². The van der Waals surface area contributed by atoms with Crippen molar-refractivity contribution in [2.45, 2.75) is 24.3 Å². The highest BCUT2D eigenvalue weighted by Gasteiger charge is 2.41. The fraction of sp³-hybridized carbons (Fsp3) is 0.364. The second-order valence-corrected chi connectivity index (χ2v) is 9.95. The lowest BCUT2D eigenvalue weighted by Crippen LogP contribution is -2.50. The summed E-state index contributed by atoms with van der Waals surface area (Å²) in [7, 11) is -3.63. The standard InChI is InChI=1S/C22H23FN4O3S/c1-14-18-10-15(19-12-25-20-11-16(23)3-4-17(19)20)2-5-21(18)31(29,30)27(14)9-8-26-7-6-24-13-22(26)28/h2-5,10,12,14,24H,6-9,11,13H2,1H3. The van der Waals surface area contributed by atoms with E-state index in [-0.39, 0.29) is 30.7 Å². The fourth-order valence-corrected chi connectivity index (χ4v) is 6.44. The van der Waals surface area contributed by atoms with Crippen molar-refractivity contribution < 1.29 is 17.6 Å². The lowest BCUT2D eigenvalue weighted by atomic mass is 9.91. The molecule has 1 fully saturated rings. The molecule has 31 heavy (non-hydrogen) atoms. The van der Waals surface area contributed by atoms with E-state index in [1.54, 1.807) is 29.3 Å². The number of carbonyl (C=O) groups is 1. The van der Waals surface area contributed by atoms with E-state index in [4.69, 9.17) is 0 Å². The van der Waals surface area contributed by atoms with Crippen LogP contribution in [0.4, 0.5) is 4.39 Å². The molecule has 4 aliphatic rings. The van der Waals surface area contributed by atoms with E-state index in [0.717, 1.165) is 22.3 Å². The molecule has 9 heteroatoms. The molecule has 1 unspecified atom stereocenters. The van der Waals surface area contributed by atoms with E-state index in [9.17, 15) is 17.6 Å². The topological polar surface area (TPSA) is 82.1 Å². The number of sulfonamides is 1. The van der Waals surface area contributed by atoms with Crippen molar-refractivity contribution in [1.82, 2.24) is 14.5 Å². The number of nitrogens with zero attached hydrogens (tertiary/aromatic N) is 3. The van der Waals surface area contributed by atoms with Crippen LogP contribution in [-0.2, 0) is 14.8 Å². The number of allylic oxidation sites excluding steroid dienone is 5. The van der Waals surface area contributed by atoms with E-state index in [1.807, 2.05) is 13.0 Å². The summed E-state index contributed by atoms with van der Waals surface area (Å²) in [4.78, 5) is 18.4. The van der Waals surface area contributed by atoms with Crippen molar-refractivity contribution in [3.05, 3.63) is 59.1 Å². The van der Waals surface area contributed by atoms with Crippen molar-refractivity contribution in [2.24, 2.45) is 4.99 Å². The molecule has 1 N–H and O–H groups in total. The first kappa shape index (κ1) is 20.3. The number of carbonyl (C=O) groups excluding carboxylic acids is 1. The lowest BCUT2D eigenvalue weighted by Gasteiger charge is -2.30. The van der Waals surface area contributed by atoms with Crippen molar-refractivity contribution in [2.75, 3.05) is 32.7 Å². The van der Waals surface area contributed by atoms with Crippen LogP contribution in [0.15, 0.2) is 57.8 Å². The molecule has 5 rings (SSSR count). The van der Waals surface area contributed by atoms with Crippen LogP contribution in [0.5, 0.6) is 0 Å². The highest BCUT2D eigenvalue weighted by atomic mass is 32.2. The van der Waals surface area contributed by atoms with Gasteiger partial charge in [0, 0.05) is 56.0 Å². The first-order valence-electron chi connectivity index (χ1n) is 10.3. The maximum Gasteiger partial charge on any atom is 0.244 e. The molecule has 3 aliphatic heterocycles. The Balaban J connectivity index is 1.40. The highest BCUT2D eigenvalue weighted by Crippen LogP contribution is 2.42. The van der Waals surface area contributed by atoms with E-state index in [0.29, 0.717) is 36.8 Å². The van der Waals surface area contributed by atoms with Crippen molar-refractivity contribution >= 4 is 27.2 Å². The van der Waals surface area contributed by atoms with Gasteiger partial charge in [-0.15, -0.1) is 0 Å². The highest BCUT2D eigenvalue weighted by molar-refractivity contribution is 7.89. The van der Waals surface area contributed by atoms with Crippen molar-refractivity contribution in [3.63, 3.8) is 0 Å². The third-order valence-electron chi connectivity index (χ3n) is 6.28. The van der Waals surface area contributed by atoms with Gasteiger partial charge in [-0.05, 0) is 42.3 Å². The van der Waals surface area contributed by atoms with Gasteiger partial charge in [-0.25, -0.2) is 12.8 Å². The number of nitrogens with one attached hydrogen (secondary N) is 1. The predicted molar refractivity (Wildman–Crippen MR) is 116 cm³/mol. The zero-order valence-electron chi connectivity index (χ0n) is 17.1. The van der Waals surface area contributed by atoms with E-state index < -0.39 is 10.0 Å². The largest absolute Gasteiger partial charge is 0.339 e. The SMILES string of the molecule is CC1c2cc(C3=CN=C4CC(F)=CC=C34)ccc2S(=O)(=O)N1CCN1CCNCC1=O. The molecule has 0 bridgehead atoms. The molecular formula is C22H23FN4O3S. The Morgan fingerprint density at radius 2 is 2.06 bits per heavy atom. The van der Waals surface area contributed by atoms with Gasteiger partial charge in [0.2, 0.25) is 15.9 Å². The monoisotopic (exact) mass is 442 g/mol. The first-order chi connectivity index (χ1) is 14.9. The van der Waals surface area contributed by atoms with E-state index >= 15 is 0 Å². The number of fused-ring (bicyclic) bond motifs is 2. The quantitative estimate of drug-likeness (QED) is 0.775. The van der Waals surface area contributed by atoms with Crippen LogP contribution in [0.2, 0.25) is 0 Å². The summed E-state index contributed by atoms with van der Waals surface area (Å²) in [6, 6.07) is 4.99. The summed E-state index contributed by atoms with van der Waals surface area (Å²) in [5.74, 6) is -0.227. The van der Waals surface area contributed by atoms with Crippen molar-refractivity contribution in [1.29, 1.82) is 0 Å². The molecule has 1 atom stereocenters. The molecule has 0 aromatic heterocycles. The maximum atomic E-state index is 13.6. The second-order valence-electron chi connectivity index (χ2n) is 8.09. The smallest absolute Gasteiger partial charge is 0.244 e. The zero-order valence-corrected chi connectivity index (χ0v) is 18.0. The van der Waals surface area contributed by atoms with Gasteiger partial charge in [-0.3, -0.25) is 9.79 Å². The normalized spacial score (nSPS) is 24.9. The molecule has 1 aliphatic carbocycles. The first-order valence-corrected chi connectivity index (χ1v) is 11.8. The minimum absolute atomic E-state index is 0.00878. The Hall–Kier alpha value is -2.62. The lowest BCUT2D eigenvalue weighted by molar-refractivity contribution is -0.132. The number of hydrogen-bond acceptors (Lipinski definition) is 5. The van der Waals surface area contributed by atoms with Gasteiger partial charge in [0.15, 0.2) is 0 Å². The molecule has 0 spiro atoms. The number of aliphatic imine (C=N–C) groups is 1. The number of piperazine rings is 1. The van der Waals surface area contributed by atoms with Gasteiger partial charge in [0.25, 0.3) is 0 Å². The Labute approximate surface area is 180 Å². The van der Waals surface area contributed by atoms with Crippen LogP contribution in [0.3, 0.4) is 0 Å². The van der Waals surface area contributed by atoms with Crippen LogP contribution in [0.1, 0.15) is 30.5 Å². The summed E-state index contributed by atoms with van der Waals surface area (Å²) in [6.07, 6.45) is 5.07. The molecule has 1 amide bonds. The molecular weight excluding hydrogens is 419 g/mol. The Morgan fingerprint density at radius 1 is 1.23 bits per heavy atom. The summed E-state index contributed by atoms with van der Waals surface area (Å²) >= 11 is 0. The van der Waals surface area contributed by atoms with Gasteiger partial charge in [-0.1, -0.05) is 6.07 Å². The van der Waals surface area contributed by atoms with Gasteiger partial charge in [-0.2, -0.15) is 4.31 Å². The van der Waals surface area contributed by atoms with Gasteiger partial charge in [0.1, 0.15) is 5.83 Å². The summed E-state index contributed by atoms with van der Waals surface area (Å²) in [6.45, 7) is 4.09. The van der Waals surface area contributed by atoms with Gasteiger partial charge < -0.3 is 10.2 Å². The summed E-state index contributed by atoms with van der Waals surface area (Å²) in [5.41, 5.74) is 4.04. The number of rotatable bonds is 4. The molecule has 1 saturated heterocycles. The van der Waals surface area contributed by atoms with E-state index in [1.165, 1.54) is 10.4 Å². The minimum atomic E-state index is -3.63. The van der Waals surface area contributed by atoms with Crippen molar-refractivity contribution in [3.8, 4) is 0 Å². The third kappa shape index (κ3) is 3.37. The van der Waals surface area contributed by atoms with Crippen LogP contribution in [0, 0.1) is 0 Å². The fourth-order valence-electron chi connectivity index (χ4n) is 4.57. The average molecular weight is 443 g/mol. The number of benzene rings is 1. The van der Waals surface area contributed by atoms with Crippen LogP contribution < -0.4 is 5.32 Å². The molecule has 0 radical (unpaired) electrons. The third-order valence-corrected chi connectivity index (χ3v) is 8.33. The summed E-state index contributed by atoms with van der Waals surface area (Å²) < 4.78 is 41.3. The maximum absolute atomic E-state index is 13.6. The molecule has 1 aromatic rings. The molecule has 162 valence electrons. The Kier molecular flexibility index (Phi) is 4.91. The second kappa shape index (κ2) is 7.51. The number of amides is 1. The Bertz CT molecular complexity index is 1200. The summed E-state index contributed by atoms with van der Waals surface area (Å²) in [5, 5.41) is 3.02. The molecule has 0 saturated carbocycles.